The number of benzene rings is 1. The van der Waals surface area contributed by atoms with Crippen molar-refractivity contribution < 1.29 is 17.2 Å². The molecule has 2 aromatic rings. The van der Waals surface area contributed by atoms with E-state index in [1.807, 2.05) is 13.1 Å². The lowest BCUT2D eigenvalue weighted by Gasteiger charge is -2.27. The maximum Gasteiger partial charge on any atom is 0.341 e. The third-order valence-corrected chi connectivity index (χ3v) is 5.84. The smallest absolute Gasteiger partial charge is 0.341 e. The van der Waals surface area contributed by atoms with Gasteiger partial charge in [-0.1, -0.05) is 0 Å². The lowest BCUT2D eigenvalue weighted by atomic mass is 10.2. The first-order chi connectivity index (χ1) is 11.4. The second-order valence-electron chi connectivity index (χ2n) is 5.92. The Hall–Kier alpha value is -1.96. The predicted octanol–water partition coefficient (Wildman–Crippen LogP) is 2.86. The van der Waals surface area contributed by atoms with Crippen molar-refractivity contribution in [3.63, 3.8) is 0 Å². The molecule has 0 bridgehead atoms. The van der Waals surface area contributed by atoms with Crippen molar-refractivity contribution in [2.45, 2.75) is 43.0 Å². The van der Waals surface area contributed by atoms with E-state index in [1.165, 1.54) is 12.1 Å². The first kappa shape index (κ1) is 16.9. The fourth-order valence-electron chi connectivity index (χ4n) is 3.12. The molecule has 1 aromatic heterocycles. The van der Waals surface area contributed by atoms with Crippen LogP contribution in [0.5, 0.6) is 0 Å². The summed E-state index contributed by atoms with van der Waals surface area (Å²) < 4.78 is 50.3. The summed E-state index contributed by atoms with van der Waals surface area (Å²) in [6, 6.07) is 6.00. The van der Waals surface area contributed by atoms with Crippen LogP contribution in [0.2, 0.25) is 0 Å². The van der Waals surface area contributed by atoms with Gasteiger partial charge in [0.25, 0.3) is 0 Å². The minimum absolute atomic E-state index is 0.274. The van der Waals surface area contributed by atoms with Crippen LogP contribution >= 0.6 is 0 Å². The predicted molar refractivity (Wildman–Crippen MR) is 87.0 cm³/mol. The maximum atomic E-state index is 12.6. The van der Waals surface area contributed by atoms with E-state index in [0.29, 0.717) is 0 Å². The van der Waals surface area contributed by atoms with E-state index in [0.717, 1.165) is 37.4 Å². The second kappa shape index (κ2) is 6.51. The van der Waals surface area contributed by atoms with Crippen molar-refractivity contribution in [2.75, 3.05) is 11.4 Å². The molecule has 1 atom stereocenters. The van der Waals surface area contributed by atoms with Crippen molar-refractivity contribution in [3.8, 4) is 0 Å². The Balaban J connectivity index is 1.79. The van der Waals surface area contributed by atoms with Crippen molar-refractivity contribution in [2.24, 2.45) is 0 Å². The van der Waals surface area contributed by atoms with E-state index in [1.54, 1.807) is 18.3 Å². The molecule has 2 heterocycles. The summed E-state index contributed by atoms with van der Waals surface area (Å²) in [5, 5.41) is 0. The first-order valence-corrected chi connectivity index (χ1v) is 9.30. The van der Waals surface area contributed by atoms with Gasteiger partial charge in [-0.15, -0.1) is 0 Å². The summed E-state index contributed by atoms with van der Waals surface area (Å²) in [4.78, 5) is 6.07. The van der Waals surface area contributed by atoms with Crippen LogP contribution in [0.1, 0.15) is 18.7 Å². The van der Waals surface area contributed by atoms with E-state index in [4.69, 9.17) is 0 Å². The van der Waals surface area contributed by atoms with Crippen LogP contribution in [-0.2, 0) is 16.4 Å². The summed E-state index contributed by atoms with van der Waals surface area (Å²) in [6.07, 6.45) is 5.76. The zero-order valence-electron chi connectivity index (χ0n) is 13.3. The van der Waals surface area contributed by atoms with Gasteiger partial charge in [0, 0.05) is 37.2 Å². The Morgan fingerprint density at radius 2 is 2.00 bits per heavy atom. The summed E-state index contributed by atoms with van der Waals surface area (Å²) >= 11 is 0. The minimum atomic E-state index is -4.54. The molecule has 24 heavy (non-hydrogen) atoms. The largest absolute Gasteiger partial charge is 0.367 e. The molecular formula is C16H19F2N3O2S. The number of aryl methyl sites for hydroxylation is 1. The highest BCUT2D eigenvalue weighted by Gasteiger charge is 2.28. The monoisotopic (exact) mass is 355 g/mol. The van der Waals surface area contributed by atoms with Crippen LogP contribution in [0.4, 0.5) is 14.5 Å². The Morgan fingerprint density at radius 3 is 2.58 bits per heavy atom. The molecule has 1 aliphatic rings. The molecule has 5 nitrogen and oxygen atoms in total. The van der Waals surface area contributed by atoms with Crippen molar-refractivity contribution >= 4 is 15.5 Å². The Morgan fingerprint density at radius 1 is 1.29 bits per heavy atom. The highest BCUT2D eigenvalue weighted by molar-refractivity contribution is 7.91. The normalized spacial score (nSPS) is 18.5. The lowest BCUT2D eigenvalue weighted by Crippen LogP contribution is -2.33. The quantitative estimate of drug-likeness (QED) is 0.828. The van der Waals surface area contributed by atoms with Gasteiger partial charge in [0.2, 0.25) is 9.84 Å². The molecule has 1 saturated heterocycles. The molecule has 8 heteroatoms. The first-order valence-electron chi connectivity index (χ1n) is 7.76. The van der Waals surface area contributed by atoms with Crippen LogP contribution in [0.25, 0.3) is 0 Å². The van der Waals surface area contributed by atoms with Gasteiger partial charge in [-0.05, 0) is 44.0 Å². The molecule has 130 valence electrons. The number of rotatable bonds is 5. The van der Waals surface area contributed by atoms with E-state index >= 15 is 0 Å². The van der Waals surface area contributed by atoms with Crippen molar-refractivity contribution in [1.29, 1.82) is 0 Å². The second-order valence-corrected chi connectivity index (χ2v) is 7.83. The van der Waals surface area contributed by atoms with Crippen LogP contribution in [0, 0.1) is 6.92 Å². The number of halogens is 2. The number of hydrogen-bond acceptors (Lipinski definition) is 4. The summed E-state index contributed by atoms with van der Waals surface area (Å²) in [5.74, 6) is -2.45. The zero-order valence-corrected chi connectivity index (χ0v) is 14.1. The lowest BCUT2D eigenvalue weighted by molar-refractivity contribution is 0.234. The summed E-state index contributed by atoms with van der Waals surface area (Å²) in [7, 11) is -4.54. The standard InChI is InChI=1S/C16H19F2N3O2S/c1-12-19-8-10-20(12)11-14-3-2-9-21(14)13-4-6-15(7-5-13)24(22,23)16(17)18/h4-8,10,14,16H,2-3,9,11H2,1H3. The topological polar surface area (TPSA) is 55.2 Å². The molecule has 0 amide bonds. The average molecular weight is 355 g/mol. The summed E-state index contributed by atoms with van der Waals surface area (Å²) in [5.41, 5.74) is 0.850. The molecule has 1 aliphatic heterocycles. The van der Waals surface area contributed by atoms with Crippen molar-refractivity contribution in [1.82, 2.24) is 9.55 Å². The molecule has 0 saturated carbocycles. The summed E-state index contributed by atoms with van der Waals surface area (Å²) in [6.45, 7) is 3.60. The number of anilines is 1. The van der Waals surface area contributed by atoms with E-state index < -0.39 is 15.6 Å². The zero-order chi connectivity index (χ0) is 17.3. The van der Waals surface area contributed by atoms with E-state index in [-0.39, 0.29) is 10.9 Å². The van der Waals surface area contributed by atoms with E-state index in [2.05, 4.69) is 14.5 Å². The van der Waals surface area contributed by atoms with Gasteiger partial charge in [-0.3, -0.25) is 0 Å². The molecular weight excluding hydrogens is 336 g/mol. The van der Waals surface area contributed by atoms with Gasteiger partial charge in [0.15, 0.2) is 0 Å². The minimum Gasteiger partial charge on any atom is -0.367 e. The highest BCUT2D eigenvalue weighted by atomic mass is 32.2. The van der Waals surface area contributed by atoms with Crippen LogP contribution in [0.3, 0.4) is 0 Å². The molecule has 0 N–H and O–H groups in total. The van der Waals surface area contributed by atoms with Gasteiger partial charge in [0.05, 0.1) is 4.90 Å². The number of nitrogens with zero attached hydrogens (tertiary/aromatic N) is 3. The number of hydrogen-bond donors (Lipinski definition) is 0. The fourth-order valence-corrected chi connectivity index (χ4v) is 3.84. The molecule has 0 spiro atoms. The average Bonchev–Trinajstić information content (AvgIpc) is 3.17. The molecule has 1 aromatic carbocycles. The third kappa shape index (κ3) is 3.15. The molecule has 0 radical (unpaired) electrons. The maximum absolute atomic E-state index is 12.6. The number of aromatic nitrogens is 2. The molecule has 1 fully saturated rings. The van der Waals surface area contributed by atoms with Crippen molar-refractivity contribution in [3.05, 3.63) is 42.5 Å². The van der Waals surface area contributed by atoms with Crippen LogP contribution in [-0.4, -0.2) is 36.3 Å². The number of imidazole rings is 1. The van der Waals surface area contributed by atoms with E-state index in [9.17, 15) is 17.2 Å². The molecule has 1 unspecified atom stereocenters. The SMILES string of the molecule is Cc1nccn1CC1CCCN1c1ccc(S(=O)(=O)C(F)F)cc1. The van der Waals surface area contributed by atoms with Crippen LogP contribution < -0.4 is 4.90 Å². The third-order valence-electron chi connectivity index (χ3n) is 4.44. The Bertz CT molecular complexity index is 803. The Kier molecular flexibility index (Phi) is 4.58. The number of sulfone groups is 1. The van der Waals surface area contributed by atoms with Gasteiger partial charge < -0.3 is 9.47 Å². The van der Waals surface area contributed by atoms with Crippen LogP contribution in [0.15, 0.2) is 41.6 Å². The van der Waals surface area contributed by atoms with Gasteiger partial charge in [-0.25, -0.2) is 13.4 Å². The van der Waals surface area contributed by atoms with Gasteiger partial charge >= 0.3 is 5.76 Å². The fraction of sp³-hybridized carbons (Fsp3) is 0.438. The Labute approximate surface area is 139 Å². The molecule has 0 aliphatic carbocycles. The number of alkyl halides is 2. The van der Waals surface area contributed by atoms with Gasteiger partial charge in [-0.2, -0.15) is 8.78 Å². The van der Waals surface area contributed by atoms with Gasteiger partial charge in [0.1, 0.15) is 5.82 Å². The molecule has 3 rings (SSSR count). The highest BCUT2D eigenvalue weighted by Crippen LogP contribution is 2.28.